The predicted molar refractivity (Wildman–Crippen MR) is 91.7 cm³/mol. The number of rotatable bonds is 6. The largest absolute Gasteiger partial charge is 0.462 e. The first-order valence-electron chi connectivity index (χ1n) is 7.40. The lowest BCUT2D eigenvalue weighted by atomic mass is 10.1. The van der Waals surface area contributed by atoms with Crippen LogP contribution in [0.15, 0.2) is 42.5 Å². The van der Waals surface area contributed by atoms with Gasteiger partial charge in [0.25, 0.3) is 11.6 Å². The van der Waals surface area contributed by atoms with Crippen molar-refractivity contribution in [1.29, 1.82) is 0 Å². The van der Waals surface area contributed by atoms with Gasteiger partial charge in [-0.3, -0.25) is 14.9 Å². The molecule has 130 valence electrons. The zero-order chi connectivity index (χ0) is 18.4. The molecular formula is C17H15ClN2O5. The molecule has 0 bridgehead atoms. The van der Waals surface area contributed by atoms with Crippen molar-refractivity contribution in [3.63, 3.8) is 0 Å². The van der Waals surface area contributed by atoms with Crippen LogP contribution in [0.1, 0.15) is 33.2 Å². The third kappa shape index (κ3) is 5.02. The maximum absolute atomic E-state index is 12.3. The van der Waals surface area contributed by atoms with Gasteiger partial charge in [-0.15, -0.1) is 0 Å². The van der Waals surface area contributed by atoms with Crippen LogP contribution in [-0.4, -0.2) is 23.4 Å². The Kier molecular flexibility index (Phi) is 6.08. The highest BCUT2D eigenvalue weighted by Crippen LogP contribution is 2.18. The number of hydrogen-bond donors (Lipinski definition) is 1. The Morgan fingerprint density at radius 3 is 2.40 bits per heavy atom. The standard InChI is InChI=1S/C17H15ClN2O5/c1-2-25-17(22)13-7-12(8-15(9-13)20(23)24)16(21)19-10-11-3-5-14(18)6-4-11/h3-9H,2,10H2,1H3,(H,19,21). The number of ether oxygens (including phenoxy) is 1. The van der Waals surface area contributed by atoms with E-state index < -0.39 is 16.8 Å². The van der Waals surface area contributed by atoms with Gasteiger partial charge in [-0.05, 0) is 30.7 Å². The van der Waals surface area contributed by atoms with E-state index in [-0.39, 0.29) is 30.0 Å². The second-order valence-electron chi connectivity index (χ2n) is 5.06. The summed E-state index contributed by atoms with van der Waals surface area (Å²) in [5.74, 6) is -1.26. The summed E-state index contributed by atoms with van der Waals surface area (Å²) in [6.07, 6.45) is 0. The molecule has 0 saturated carbocycles. The van der Waals surface area contributed by atoms with Crippen molar-refractivity contribution in [3.05, 3.63) is 74.3 Å². The minimum absolute atomic E-state index is 0.00576. The first kappa shape index (κ1) is 18.4. The number of nitrogens with one attached hydrogen (secondary N) is 1. The van der Waals surface area contributed by atoms with Crippen molar-refractivity contribution in [2.24, 2.45) is 0 Å². The van der Waals surface area contributed by atoms with E-state index in [2.05, 4.69) is 5.32 Å². The Hall–Kier alpha value is -2.93. The molecule has 25 heavy (non-hydrogen) atoms. The highest BCUT2D eigenvalue weighted by atomic mass is 35.5. The number of non-ortho nitro benzene ring substituents is 1. The van der Waals surface area contributed by atoms with E-state index in [0.29, 0.717) is 5.02 Å². The SMILES string of the molecule is CCOC(=O)c1cc(C(=O)NCc2ccc(Cl)cc2)cc([N+](=O)[O-])c1. The van der Waals surface area contributed by atoms with Gasteiger partial charge in [-0.1, -0.05) is 23.7 Å². The van der Waals surface area contributed by atoms with Gasteiger partial charge in [-0.25, -0.2) is 4.79 Å². The van der Waals surface area contributed by atoms with Crippen LogP contribution >= 0.6 is 11.6 Å². The van der Waals surface area contributed by atoms with Gasteiger partial charge in [0.2, 0.25) is 0 Å². The van der Waals surface area contributed by atoms with E-state index in [1.165, 1.54) is 6.07 Å². The van der Waals surface area contributed by atoms with Gasteiger partial charge < -0.3 is 10.1 Å². The fourth-order valence-corrected chi connectivity index (χ4v) is 2.19. The molecule has 0 saturated heterocycles. The van der Waals surface area contributed by atoms with Gasteiger partial charge in [0.15, 0.2) is 0 Å². The number of hydrogen-bond acceptors (Lipinski definition) is 5. The molecule has 1 amide bonds. The molecule has 2 rings (SSSR count). The summed E-state index contributed by atoms with van der Waals surface area (Å²) in [6, 6.07) is 10.3. The van der Waals surface area contributed by atoms with Gasteiger partial charge in [0.1, 0.15) is 0 Å². The maximum Gasteiger partial charge on any atom is 0.338 e. The number of esters is 1. The topological polar surface area (TPSA) is 98.5 Å². The highest BCUT2D eigenvalue weighted by molar-refractivity contribution is 6.30. The zero-order valence-electron chi connectivity index (χ0n) is 13.3. The Morgan fingerprint density at radius 2 is 1.80 bits per heavy atom. The maximum atomic E-state index is 12.3. The van der Waals surface area contributed by atoms with Crippen LogP contribution in [-0.2, 0) is 11.3 Å². The fraction of sp³-hybridized carbons (Fsp3) is 0.176. The zero-order valence-corrected chi connectivity index (χ0v) is 14.1. The fourth-order valence-electron chi connectivity index (χ4n) is 2.07. The molecule has 0 atom stereocenters. The number of halogens is 1. The van der Waals surface area contributed by atoms with Gasteiger partial charge in [0, 0.05) is 29.3 Å². The Balaban J connectivity index is 2.20. The number of amides is 1. The number of carbonyl (C=O) groups is 2. The number of benzene rings is 2. The summed E-state index contributed by atoms with van der Waals surface area (Å²) in [6.45, 7) is 1.96. The van der Waals surface area contributed by atoms with Crippen LogP contribution in [0.25, 0.3) is 0 Å². The summed E-state index contributed by atoms with van der Waals surface area (Å²) in [5, 5.41) is 14.2. The number of nitro groups is 1. The van der Waals surface area contributed by atoms with Crippen molar-refractivity contribution < 1.29 is 19.2 Å². The summed E-state index contributed by atoms with van der Waals surface area (Å²) in [5.41, 5.74) is 0.412. The minimum Gasteiger partial charge on any atom is -0.462 e. The summed E-state index contributed by atoms with van der Waals surface area (Å²) < 4.78 is 4.83. The second-order valence-corrected chi connectivity index (χ2v) is 5.49. The van der Waals surface area contributed by atoms with Crippen LogP contribution in [0.4, 0.5) is 5.69 Å². The van der Waals surface area contributed by atoms with E-state index in [9.17, 15) is 19.7 Å². The molecule has 0 aromatic heterocycles. The number of carbonyl (C=O) groups excluding carboxylic acids is 2. The number of nitro benzene ring substituents is 1. The summed E-state index contributed by atoms with van der Waals surface area (Å²) >= 11 is 5.80. The van der Waals surface area contributed by atoms with Gasteiger partial charge in [-0.2, -0.15) is 0 Å². The molecule has 0 spiro atoms. The molecular weight excluding hydrogens is 348 g/mol. The van der Waals surface area contributed by atoms with Crippen molar-refractivity contribution in [3.8, 4) is 0 Å². The van der Waals surface area contributed by atoms with E-state index in [4.69, 9.17) is 16.3 Å². The Labute approximate surface area is 148 Å². The normalized spacial score (nSPS) is 10.2. The minimum atomic E-state index is -0.724. The quantitative estimate of drug-likeness (QED) is 0.482. The average molecular weight is 363 g/mol. The van der Waals surface area contributed by atoms with E-state index in [1.807, 2.05) is 0 Å². The highest BCUT2D eigenvalue weighted by Gasteiger charge is 2.18. The third-order valence-electron chi connectivity index (χ3n) is 3.27. The van der Waals surface area contributed by atoms with Crippen LogP contribution < -0.4 is 5.32 Å². The molecule has 7 nitrogen and oxygen atoms in total. The molecule has 0 unspecified atom stereocenters. The lowest BCUT2D eigenvalue weighted by Gasteiger charge is -2.08. The summed E-state index contributed by atoms with van der Waals surface area (Å²) in [4.78, 5) is 34.5. The predicted octanol–water partition coefficient (Wildman–Crippen LogP) is 3.35. The van der Waals surface area contributed by atoms with E-state index >= 15 is 0 Å². The lowest BCUT2D eigenvalue weighted by Crippen LogP contribution is -2.23. The molecule has 1 N–H and O–H groups in total. The van der Waals surface area contributed by atoms with Crippen molar-refractivity contribution in [2.45, 2.75) is 13.5 Å². The molecule has 2 aromatic carbocycles. The first-order valence-corrected chi connectivity index (χ1v) is 7.77. The number of nitrogens with zero attached hydrogens (tertiary/aromatic N) is 1. The van der Waals surface area contributed by atoms with Crippen LogP contribution in [0, 0.1) is 10.1 Å². The Bertz CT molecular complexity index is 805. The van der Waals surface area contributed by atoms with Crippen molar-refractivity contribution >= 4 is 29.2 Å². The Morgan fingerprint density at radius 1 is 1.16 bits per heavy atom. The van der Waals surface area contributed by atoms with Crippen molar-refractivity contribution in [1.82, 2.24) is 5.32 Å². The molecule has 2 aromatic rings. The molecule has 0 aliphatic rings. The monoisotopic (exact) mass is 362 g/mol. The third-order valence-corrected chi connectivity index (χ3v) is 3.52. The van der Waals surface area contributed by atoms with E-state index in [0.717, 1.165) is 17.7 Å². The second kappa shape index (κ2) is 8.25. The van der Waals surface area contributed by atoms with Gasteiger partial charge in [0.05, 0.1) is 17.1 Å². The van der Waals surface area contributed by atoms with Crippen molar-refractivity contribution in [2.75, 3.05) is 6.61 Å². The van der Waals surface area contributed by atoms with Crippen LogP contribution in [0.5, 0.6) is 0 Å². The average Bonchev–Trinajstić information content (AvgIpc) is 2.60. The first-order chi connectivity index (χ1) is 11.9. The molecule has 0 heterocycles. The molecule has 0 aliphatic heterocycles. The van der Waals surface area contributed by atoms with Crippen LogP contribution in [0.3, 0.4) is 0 Å². The molecule has 0 aliphatic carbocycles. The van der Waals surface area contributed by atoms with Crippen LogP contribution in [0.2, 0.25) is 5.02 Å². The molecule has 0 radical (unpaired) electrons. The summed E-state index contributed by atoms with van der Waals surface area (Å²) in [7, 11) is 0. The molecule has 8 heteroatoms. The van der Waals surface area contributed by atoms with E-state index in [1.54, 1.807) is 31.2 Å². The smallest absolute Gasteiger partial charge is 0.338 e. The lowest BCUT2D eigenvalue weighted by molar-refractivity contribution is -0.384. The van der Waals surface area contributed by atoms with Gasteiger partial charge >= 0.3 is 5.97 Å². The molecule has 0 fully saturated rings.